The van der Waals surface area contributed by atoms with Gasteiger partial charge in [-0.2, -0.15) is 0 Å². The summed E-state index contributed by atoms with van der Waals surface area (Å²) in [5, 5.41) is 3.05. The van der Waals surface area contributed by atoms with Crippen LogP contribution < -0.4 is 5.32 Å². The second-order valence-corrected chi connectivity index (χ2v) is 24.0. The molecule has 0 spiro atoms. The molecule has 0 radical (unpaired) electrons. The number of esters is 1. The quantitative estimate of drug-likeness (QED) is 0.0205. The summed E-state index contributed by atoms with van der Waals surface area (Å²) in [4.78, 5) is 37.7. The smallest absolute Gasteiger partial charge is 0.456 e. The van der Waals surface area contributed by atoms with Crippen molar-refractivity contribution in [3.05, 3.63) is 85.1 Å². The lowest BCUT2D eigenvalue weighted by Gasteiger charge is -2.27. The van der Waals surface area contributed by atoms with Gasteiger partial charge in [-0.1, -0.05) is 247 Å². The first-order valence-corrected chi connectivity index (χ1v) is 33.4. The van der Waals surface area contributed by atoms with E-state index in [-0.39, 0.29) is 31.5 Å². The Labute approximate surface area is 476 Å². The number of amides is 1. The number of nitrogens with zero attached hydrogens (tertiary/aromatic N) is 1. The highest BCUT2D eigenvalue weighted by Gasteiger charge is 2.30. The van der Waals surface area contributed by atoms with Crippen molar-refractivity contribution in [1.82, 2.24) is 5.32 Å². The van der Waals surface area contributed by atoms with Crippen LogP contribution in [0, 0.1) is 0 Å². The molecule has 0 saturated heterocycles. The van der Waals surface area contributed by atoms with Gasteiger partial charge < -0.3 is 19.4 Å². The van der Waals surface area contributed by atoms with Crippen molar-refractivity contribution < 1.29 is 37.3 Å². The van der Waals surface area contributed by atoms with E-state index in [2.05, 4.69) is 99.0 Å². The summed E-state index contributed by atoms with van der Waals surface area (Å²) in [5.74, 6) is -0.530. The maximum absolute atomic E-state index is 13.6. The molecule has 10 heteroatoms. The summed E-state index contributed by atoms with van der Waals surface area (Å²) in [7, 11) is 1.48. The van der Waals surface area contributed by atoms with Gasteiger partial charge in [0.2, 0.25) is 5.91 Å². The van der Waals surface area contributed by atoms with E-state index >= 15 is 0 Å². The van der Waals surface area contributed by atoms with Crippen LogP contribution in [0.2, 0.25) is 0 Å². The predicted molar refractivity (Wildman–Crippen MR) is 332 cm³/mol. The first-order valence-electron chi connectivity index (χ1n) is 31.9. The number of nitrogens with one attached hydrogen (secondary N) is 1. The lowest BCUT2D eigenvalue weighted by Crippen LogP contribution is -2.47. The Morgan fingerprint density at radius 1 is 0.468 bits per heavy atom. The van der Waals surface area contributed by atoms with Gasteiger partial charge >= 0.3 is 13.8 Å². The molecule has 1 amide bonds. The number of likely N-dealkylation sites (N-methyl/N-ethyl adjacent to an activating group) is 1. The Morgan fingerprint density at radius 3 is 1.27 bits per heavy atom. The number of allylic oxidation sites excluding steroid dienone is 13. The lowest BCUT2D eigenvalue weighted by atomic mass is 10.0. The molecular formula is C67H122N2O7P+. The van der Waals surface area contributed by atoms with Crippen LogP contribution in [0.15, 0.2) is 85.1 Å². The second kappa shape index (κ2) is 56.5. The van der Waals surface area contributed by atoms with Crippen LogP contribution in [0.1, 0.15) is 278 Å². The number of carbonyl (C=O) groups is 2. The Bertz CT molecular complexity index is 1590. The number of hydrogen-bond acceptors (Lipinski definition) is 6. The van der Waals surface area contributed by atoms with Gasteiger partial charge in [-0.05, 0) is 102 Å². The van der Waals surface area contributed by atoms with Crippen LogP contribution in [0.5, 0.6) is 0 Å². The fourth-order valence-electron chi connectivity index (χ4n) is 8.90. The van der Waals surface area contributed by atoms with Crippen molar-refractivity contribution in [1.29, 1.82) is 0 Å². The van der Waals surface area contributed by atoms with Crippen LogP contribution in [-0.2, 0) is 27.9 Å². The zero-order chi connectivity index (χ0) is 56.4. The van der Waals surface area contributed by atoms with E-state index in [4.69, 9.17) is 13.8 Å². The summed E-state index contributed by atoms with van der Waals surface area (Å²) in [6.45, 7) is 6.88. The maximum atomic E-state index is 13.6. The van der Waals surface area contributed by atoms with E-state index < -0.39 is 20.0 Å². The fraction of sp³-hybridized carbons (Fsp3) is 0.761. The van der Waals surface area contributed by atoms with Gasteiger partial charge in [0.05, 0.1) is 33.8 Å². The molecule has 3 unspecified atom stereocenters. The number of phosphoric ester groups is 1. The zero-order valence-corrected chi connectivity index (χ0v) is 51.8. The largest absolute Gasteiger partial charge is 0.472 e. The SMILES string of the molecule is CC/C=C\C/C=C\C/C=C\C/C=C\C/C=C\CCCCCCCCCCCC(=O)NC(COP(=O)(O)OCC[N+](C)(C)C)C(/C=C\CCCCCCCCCCCCC)OC(=O)CCCCC/C=C\CCCCCCCC. The number of carbonyl (C=O) groups excluding carboxylic acids is 2. The molecule has 0 bridgehead atoms. The maximum Gasteiger partial charge on any atom is 0.472 e. The molecule has 0 aromatic heterocycles. The third-order valence-corrected chi connectivity index (χ3v) is 14.8. The van der Waals surface area contributed by atoms with E-state index in [0.717, 1.165) is 109 Å². The number of phosphoric acid groups is 1. The molecule has 9 nitrogen and oxygen atoms in total. The minimum Gasteiger partial charge on any atom is -0.456 e. The van der Waals surface area contributed by atoms with Crippen LogP contribution in [0.25, 0.3) is 0 Å². The normalized spacial score (nSPS) is 14.2. The van der Waals surface area contributed by atoms with Crippen LogP contribution >= 0.6 is 7.82 Å². The van der Waals surface area contributed by atoms with E-state index in [0.29, 0.717) is 23.9 Å². The molecule has 446 valence electrons. The van der Waals surface area contributed by atoms with Gasteiger partial charge in [-0.25, -0.2) is 4.57 Å². The molecule has 0 aliphatic rings. The Morgan fingerprint density at radius 2 is 0.831 bits per heavy atom. The Hall–Kier alpha value is -2.81. The van der Waals surface area contributed by atoms with Gasteiger partial charge in [0, 0.05) is 12.8 Å². The third kappa shape index (κ3) is 57.7. The standard InChI is InChI=1S/C67H121N2O7P/c1-7-10-13-16-19-22-25-28-29-30-31-32-33-34-35-36-37-38-39-42-44-47-50-53-56-59-66(70)68-64(63-75-77(72,73)74-62-61-69(4,5)6)65(58-55-52-49-46-43-40-26-23-20-17-14-11-8-2)76-67(71)60-57-54-51-48-45-41-27-24-21-18-15-12-9-3/h10,13,19,22,28-29,31-32,34-35,41,45,55,58,64-65H,7-9,11-12,14-18,20-21,23-27,30,33,36-40,42-44,46-54,56-57,59-63H2,1-6H3,(H-,68,70,72,73)/p+1/b13-10-,22-19-,29-28-,32-31-,35-34-,45-41-,58-55-. The molecule has 2 N–H and O–H groups in total. The topological polar surface area (TPSA) is 111 Å². The van der Waals surface area contributed by atoms with Crippen molar-refractivity contribution in [3.8, 4) is 0 Å². The van der Waals surface area contributed by atoms with Crippen molar-refractivity contribution in [2.24, 2.45) is 0 Å². The molecule has 0 aromatic rings. The zero-order valence-electron chi connectivity index (χ0n) is 50.9. The average Bonchev–Trinajstić information content (AvgIpc) is 3.39. The molecule has 0 aromatic carbocycles. The molecule has 0 aliphatic carbocycles. The number of unbranched alkanes of at least 4 members (excludes halogenated alkanes) is 29. The molecule has 3 atom stereocenters. The van der Waals surface area contributed by atoms with Crippen LogP contribution in [-0.4, -0.2) is 74.3 Å². The fourth-order valence-corrected chi connectivity index (χ4v) is 9.64. The number of quaternary nitrogens is 1. The Balaban J connectivity index is 5.18. The molecule has 0 heterocycles. The summed E-state index contributed by atoms with van der Waals surface area (Å²) in [6.07, 6.45) is 74.4. The molecule has 77 heavy (non-hydrogen) atoms. The molecule has 0 aliphatic heterocycles. The minimum atomic E-state index is -4.46. The molecular weight excluding hydrogens is 976 g/mol. The monoisotopic (exact) mass is 1100 g/mol. The first kappa shape index (κ1) is 74.2. The predicted octanol–water partition coefficient (Wildman–Crippen LogP) is 19.8. The van der Waals surface area contributed by atoms with Gasteiger partial charge in [0.1, 0.15) is 19.3 Å². The van der Waals surface area contributed by atoms with Crippen LogP contribution in [0.3, 0.4) is 0 Å². The Kier molecular flexibility index (Phi) is 54.4. The summed E-state index contributed by atoms with van der Waals surface area (Å²) < 4.78 is 30.7. The average molecular weight is 1100 g/mol. The van der Waals surface area contributed by atoms with E-state index in [1.165, 1.54) is 128 Å². The second-order valence-electron chi connectivity index (χ2n) is 22.5. The summed E-state index contributed by atoms with van der Waals surface area (Å²) >= 11 is 0. The van der Waals surface area contributed by atoms with Gasteiger partial charge in [0.15, 0.2) is 0 Å². The molecule has 0 fully saturated rings. The van der Waals surface area contributed by atoms with Gasteiger partial charge in [-0.15, -0.1) is 0 Å². The number of ether oxygens (including phenoxy) is 1. The highest BCUT2D eigenvalue weighted by atomic mass is 31.2. The molecule has 0 saturated carbocycles. The van der Waals surface area contributed by atoms with E-state index in [1.807, 2.05) is 33.3 Å². The van der Waals surface area contributed by atoms with E-state index in [1.54, 1.807) is 0 Å². The van der Waals surface area contributed by atoms with Gasteiger partial charge in [-0.3, -0.25) is 18.6 Å². The highest BCUT2D eigenvalue weighted by Crippen LogP contribution is 2.43. The summed E-state index contributed by atoms with van der Waals surface area (Å²) in [6, 6.07) is -0.861. The van der Waals surface area contributed by atoms with Gasteiger partial charge in [0.25, 0.3) is 0 Å². The number of rotatable bonds is 57. The van der Waals surface area contributed by atoms with Crippen molar-refractivity contribution in [2.45, 2.75) is 290 Å². The van der Waals surface area contributed by atoms with Crippen molar-refractivity contribution in [2.75, 3.05) is 40.9 Å². The highest BCUT2D eigenvalue weighted by molar-refractivity contribution is 7.47. The first-order chi connectivity index (χ1) is 37.4. The lowest BCUT2D eigenvalue weighted by molar-refractivity contribution is -0.870. The van der Waals surface area contributed by atoms with E-state index in [9.17, 15) is 19.0 Å². The molecule has 0 rings (SSSR count). The summed E-state index contributed by atoms with van der Waals surface area (Å²) in [5.41, 5.74) is 0. The van der Waals surface area contributed by atoms with Crippen molar-refractivity contribution >= 4 is 19.7 Å². The number of hydrogen-bond donors (Lipinski definition) is 2. The minimum absolute atomic E-state index is 0.0340. The third-order valence-electron chi connectivity index (χ3n) is 13.8. The van der Waals surface area contributed by atoms with Crippen LogP contribution in [0.4, 0.5) is 0 Å². The van der Waals surface area contributed by atoms with Crippen molar-refractivity contribution in [3.63, 3.8) is 0 Å².